The van der Waals surface area contributed by atoms with Gasteiger partial charge >= 0.3 is 7.12 Å². The Balaban J connectivity index is 1.54. The van der Waals surface area contributed by atoms with Gasteiger partial charge in [-0.2, -0.15) is 0 Å². The number of likely N-dealkylation sites (tertiary alicyclic amines) is 1. The quantitative estimate of drug-likeness (QED) is 0.768. The van der Waals surface area contributed by atoms with Gasteiger partial charge in [-0.3, -0.25) is 0 Å². The summed E-state index contributed by atoms with van der Waals surface area (Å²) in [4.78, 5) is 2.41. The van der Waals surface area contributed by atoms with Crippen molar-refractivity contribution in [2.24, 2.45) is 5.92 Å². The third-order valence-electron chi connectivity index (χ3n) is 6.02. The van der Waals surface area contributed by atoms with Crippen LogP contribution in [0.25, 0.3) is 0 Å². The molecule has 5 heteroatoms. The minimum atomic E-state index is -0.331. The van der Waals surface area contributed by atoms with Crippen molar-refractivity contribution < 1.29 is 14.0 Å². The Morgan fingerprint density at radius 2 is 1.76 bits per heavy atom. The Hall–Kier alpha value is -1.04. The highest BCUT2D eigenvalue weighted by Gasteiger charge is 2.51. The SMILES string of the molecule is CN1CCC(CCOc2cccc(B3OC(C)(C)C(C)(C)O3)c2)CC1. The fraction of sp³-hybridized carbons (Fsp3) is 0.700. The third kappa shape index (κ3) is 4.39. The van der Waals surface area contributed by atoms with Gasteiger partial charge in [-0.25, -0.2) is 0 Å². The van der Waals surface area contributed by atoms with Gasteiger partial charge < -0.3 is 18.9 Å². The summed E-state index contributed by atoms with van der Waals surface area (Å²) in [5, 5.41) is 0. The number of benzene rings is 1. The molecule has 1 aromatic rings. The van der Waals surface area contributed by atoms with E-state index in [0.717, 1.165) is 30.2 Å². The maximum absolute atomic E-state index is 6.13. The van der Waals surface area contributed by atoms with Crippen LogP contribution in [0, 0.1) is 5.92 Å². The van der Waals surface area contributed by atoms with E-state index in [1.54, 1.807) is 0 Å². The van der Waals surface area contributed by atoms with Crippen LogP contribution < -0.4 is 10.2 Å². The first-order chi connectivity index (χ1) is 11.8. The van der Waals surface area contributed by atoms with Gasteiger partial charge in [-0.15, -0.1) is 0 Å². The maximum atomic E-state index is 6.13. The standard InChI is InChI=1S/C20H32BNO3/c1-19(2)20(3,4)25-21(24-19)17-7-6-8-18(15-17)23-14-11-16-9-12-22(5)13-10-16/h6-8,15-16H,9-14H2,1-5H3. The summed E-state index contributed by atoms with van der Waals surface area (Å²) < 4.78 is 18.3. The van der Waals surface area contributed by atoms with Gasteiger partial charge in [-0.1, -0.05) is 12.1 Å². The monoisotopic (exact) mass is 345 g/mol. The van der Waals surface area contributed by atoms with Crippen LogP contribution in [0.5, 0.6) is 5.75 Å². The smallest absolute Gasteiger partial charge is 0.494 e. The Bertz CT molecular complexity index is 566. The van der Waals surface area contributed by atoms with Crippen LogP contribution in [-0.4, -0.2) is 50.0 Å². The van der Waals surface area contributed by atoms with Gasteiger partial charge in [0, 0.05) is 0 Å². The van der Waals surface area contributed by atoms with Crippen molar-refractivity contribution in [3.05, 3.63) is 24.3 Å². The van der Waals surface area contributed by atoms with E-state index in [-0.39, 0.29) is 18.3 Å². The zero-order valence-corrected chi connectivity index (χ0v) is 16.4. The fourth-order valence-corrected chi connectivity index (χ4v) is 3.42. The molecule has 138 valence electrons. The van der Waals surface area contributed by atoms with Crippen LogP contribution in [0.1, 0.15) is 47.0 Å². The highest BCUT2D eigenvalue weighted by Crippen LogP contribution is 2.36. The lowest BCUT2D eigenvalue weighted by atomic mass is 9.79. The molecule has 0 aliphatic carbocycles. The van der Waals surface area contributed by atoms with E-state index in [0.29, 0.717) is 0 Å². The van der Waals surface area contributed by atoms with E-state index in [1.807, 2.05) is 18.2 Å². The molecule has 2 fully saturated rings. The van der Waals surface area contributed by atoms with Gasteiger partial charge in [0.25, 0.3) is 0 Å². The third-order valence-corrected chi connectivity index (χ3v) is 6.02. The van der Waals surface area contributed by atoms with Gasteiger partial charge in [0.05, 0.1) is 17.8 Å². The molecule has 0 radical (unpaired) electrons. The summed E-state index contributed by atoms with van der Waals surface area (Å²) >= 11 is 0. The van der Waals surface area contributed by atoms with Gasteiger partial charge in [0.2, 0.25) is 0 Å². The van der Waals surface area contributed by atoms with E-state index < -0.39 is 0 Å². The molecule has 2 aliphatic rings. The number of hydrogen-bond acceptors (Lipinski definition) is 4. The topological polar surface area (TPSA) is 30.9 Å². The van der Waals surface area contributed by atoms with Gasteiger partial charge in [0.15, 0.2) is 0 Å². The molecule has 2 heterocycles. The first-order valence-electron chi connectivity index (χ1n) is 9.54. The largest absolute Gasteiger partial charge is 0.494 e. The van der Waals surface area contributed by atoms with E-state index in [9.17, 15) is 0 Å². The molecular weight excluding hydrogens is 313 g/mol. The predicted octanol–water partition coefficient (Wildman–Crippen LogP) is 3.10. The van der Waals surface area contributed by atoms with Crippen LogP contribution in [0.3, 0.4) is 0 Å². The number of rotatable bonds is 5. The van der Waals surface area contributed by atoms with Crippen molar-refractivity contribution in [3.63, 3.8) is 0 Å². The van der Waals surface area contributed by atoms with Crippen LogP contribution >= 0.6 is 0 Å². The predicted molar refractivity (Wildman–Crippen MR) is 102 cm³/mol. The molecule has 1 aromatic carbocycles. The second kappa shape index (κ2) is 7.30. The summed E-state index contributed by atoms with van der Waals surface area (Å²) in [6, 6.07) is 8.14. The van der Waals surface area contributed by atoms with Crippen molar-refractivity contribution in [1.29, 1.82) is 0 Å². The fourth-order valence-electron chi connectivity index (χ4n) is 3.42. The summed E-state index contributed by atoms with van der Waals surface area (Å²) in [5.74, 6) is 1.70. The molecule has 25 heavy (non-hydrogen) atoms. The molecule has 0 spiro atoms. The highest BCUT2D eigenvalue weighted by atomic mass is 16.7. The molecule has 0 bridgehead atoms. The van der Waals surface area contributed by atoms with Crippen molar-refractivity contribution in [2.45, 2.75) is 58.2 Å². The second-order valence-corrected chi connectivity index (χ2v) is 8.54. The average molecular weight is 345 g/mol. The normalized spacial score (nSPS) is 23.8. The molecule has 2 saturated heterocycles. The van der Waals surface area contributed by atoms with Crippen LogP contribution in [0.2, 0.25) is 0 Å². The summed E-state index contributed by atoms with van der Waals surface area (Å²) in [6.07, 6.45) is 3.70. The Morgan fingerprint density at radius 1 is 1.12 bits per heavy atom. The van der Waals surface area contributed by atoms with Crippen molar-refractivity contribution in [2.75, 3.05) is 26.7 Å². The molecule has 0 atom stereocenters. The summed E-state index contributed by atoms with van der Waals surface area (Å²) in [7, 11) is 1.87. The maximum Gasteiger partial charge on any atom is 0.494 e. The van der Waals surface area contributed by atoms with Crippen molar-refractivity contribution >= 4 is 12.6 Å². The van der Waals surface area contributed by atoms with E-state index in [2.05, 4.69) is 45.7 Å². The molecule has 4 nitrogen and oxygen atoms in total. The highest BCUT2D eigenvalue weighted by molar-refractivity contribution is 6.62. The Kier molecular flexibility index (Phi) is 5.47. The number of nitrogens with zero attached hydrogens (tertiary/aromatic N) is 1. The van der Waals surface area contributed by atoms with Crippen molar-refractivity contribution in [1.82, 2.24) is 4.90 Å². The molecule has 0 unspecified atom stereocenters. The first kappa shape index (κ1) is 18.7. The molecular formula is C20H32BNO3. The molecule has 0 N–H and O–H groups in total. The number of piperidine rings is 1. The molecule has 0 amide bonds. The Labute approximate surface area is 153 Å². The van der Waals surface area contributed by atoms with Crippen LogP contribution in [-0.2, 0) is 9.31 Å². The lowest BCUT2D eigenvalue weighted by Crippen LogP contribution is -2.41. The molecule has 3 rings (SSSR count). The van der Waals surface area contributed by atoms with Crippen molar-refractivity contribution in [3.8, 4) is 5.75 Å². The summed E-state index contributed by atoms with van der Waals surface area (Å²) in [6.45, 7) is 11.5. The minimum absolute atomic E-state index is 0.317. The zero-order valence-electron chi connectivity index (χ0n) is 16.4. The van der Waals surface area contributed by atoms with E-state index in [4.69, 9.17) is 14.0 Å². The van der Waals surface area contributed by atoms with E-state index >= 15 is 0 Å². The van der Waals surface area contributed by atoms with Gasteiger partial charge in [0.1, 0.15) is 5.75 Å². The van der Waals surface area contributed by atoms with Crippen LogP contribution in [0.4, 0.5) is 0 Å². The van der Waals surface area contributed by atoms with E-state index in [1.165, 1.54) is 25.9 Å². The van der Waals surface area contributed by atoms with Gasteiger partial charge in [-0.05, 0) is 90.6 Å². The molecule has 0 aromatic heterocycles. The Morgan fingerprint density at radius 3 is 2.40 bits per heavy atom. The first-order valence-corrected chi connectivity index (χ1v) is 9.54. The lowest BCUT2D eigenvalue weighted by molar-refractivity contribution is 0.00578. The minimum Gasteiger partial charge on any atom is -0.494 e. The zero-order chi connectivity index (χ0) is 18.1. The second-order valence-electron chi connectivity index (χ2n) is 8.54. The molecule has 2 aliphatic heterocycles. The molecule has 0 saturated carbocycles. The summed E-state index contributed by atoms with van der Waals surface area (Å²) in [5.41, 5.74) is 0.390. The lowest BCUT2D eigenvalue weighted by Gasteiger charge is -2.32. The number of hydrogen-bond donors (Lipinski definition) is 0. The number of ether oxygens (including phenoxy) is 1. The average Bonchev–Trinajstić information content (AvgIpc) is 2.78. The van der Waals surface area contributed by atoms with Crippen LogP contribution in [0.15, 0.2) is 24.3 Å².